The first-order valence-corrected chi connectivity index (χ1v) is 2.84. The first-order valence-electron chi connectivity index (χ1n) is 2.84. The fourth-order valence-corrected chi connectivity index (χ4v) is 0.905. The van der Waals surface area contributed by atoms with E-state index in [9.17, 15) is 13.2 Å². The lowest BCUT2D eigenvalue weighted by Crippen LogP contribution is -2.18. The van der Waals surface area contributed by atoms with Gasteiger partial charge in [0.1, 0.15) is 0 Å². The Balaban J connectivity index is 2.53. The van der Waals surface area contributed by atoms with Crippen molar-refractivity contribution < 1.29 is 13.2 Å². The summed E-state index contributed by atoms with van der Waals surface area (Å²) >= 11 is 0. The third-order valence-corrected chi connectivity index (χ3v) is 1.43. The summed E-state index contributed by atoms with van der Waals surface area (Å²) in [5.74, 6) is -1.17. The molecule has 0 spiro atoms. The van der Waals surface area contributed by atoms with Gasteiger partial charge in [-0.1, -0.05) is 12.2 Å². The predicted molar refractivity (Wildman–Crippen MR) is 27.9 cm³/mol. The second kappa shape index (κ2) is 2.05. The molecule has 1 aliphatic carbocycles. The molecule has 0 nitrogen and oxygen atoms in total. The summed E-state index contributed by atoms with van der Waals surface area (Å²) < 4.78 is 35.1. The normalized spacial score (nSPS) is 27.2. The van der Waals surface area contributed by atoms with Crippen molar-refractivity contribution in [3.63, 3.8) is 0 Å². The van der Waals surface area contributed by atoms with Crippen molar-refractivity contribution in [2.45, 2.75) is 19.0 Å². The minimum absolute atomic E-state index is 0.240. The van der Waals surface area contributed by atoms with E-state index in [-0.39, 0.29) is 6.42 Å². The Morgan fingerprint density at radius 3 is 2.22 bits per heavy atom. The molecule has 0 radical (unpaired) electrons. The van der Waals surface area contributed by atoms with Gasteiger partial charge in [-0.15, -0.1) is 0 Å². The van der Waals surface area contributed by atoms with Gasteiger partial charge in [-0.05, 0) is 12.8 Å². The van der Waals surface area contributed by atoms with Gasteiger partial charge in [-0.3, -0.25) is 0 Å². The molecule has 0 amide bonds. The predicted octanol–water partition coefficient (Wildman–Crippen LogP) is 2.51. The fraction of sp³-hybridized carbons (Fsp3) is 0.667. The molecule has 0 heterocycles. The number of allylic oxidation sites excluding steroid dienone is 2. The standard InChI is InChI=1S/C6H7F3/c7-6(8,9)5-3-1-2-4-5/h1,3,5H,2,4H2. The molecule has 0 aromatic heterocycles. The topological polar surface area (TPSA) is 0 Å². The Morgan fingerprint density at radius 1 is 1.33 bits per heavy atom. The van der Waals surface area contributed by atoms with E-state index in [4.69, 9.17) is 0 Å². The van der Waals surface area contributed by atoms with E-state index in [1.807, 2.05) is 0 Å². The van der Waals surface area contributed by atoms with E-state index in [0.29, 0.717) is 6.42 Å². The van der Waals surface area contributed by atoms with Gasteiger partial charge in [-0.25, -0.2) is 0 Å². The van der Waals surface area contributed by atoms with Crippen LogP contribution < -0.4 is 0 Å². The maximum atomic E-state index is 11.7. The Kier molecular flexibility index (Phi) is 1.51. The summed E-state index contributed by atoms with van der Waals surface area (Å²) in [5, 5.41) is 0. The molecule has 9 heavy (non-hydrogen) atoms. The zero-order valence-corrected chi connectivity index (χ0v) is 4.78. The highest BCUT2D eigenvalue weighted by molar-refractivity contribution is 4.98. The Labute approximate surface area is 51.4 Å². The van der Waals surface area contributed by atoms with E-state index < -0.39 is 12.1 Å². The molecule has 0 fully saturated rings. The van der Waals surface area contributed by atoms with Crippen LogP contribution in [-0.2, 0) is 0 Å². The molecular formula is C6H7F3. The van der Waals surface area contributed by atoms with Gasteiger partial charge in [0.15, 0.2) is 0 Å². The molecule has 3 heteroatoms. The maximum absolute atomic E-state index is 11.7. The van der Waals surface area contributed by atoms with Crippen LogP contribution in [0.2, 0.25) is 0 Å². The highest BCUT2D eigenvalue weighted by atomic mass is 19.4. The van der Waals surface area contributed by atoms with Crippen molar-refractivity contribution in [1.82, 2.24) is 0 Å². The molecule has 1 atom stereocenters. The number of rotatable bonds is 0. The van der Waals surface area contributed by atoms with E-state index in [0.717, 1.165) is 0 Å². The summed E-state index contributed by atoms with van der Waals surface area (Å²) in [6.45, 7) is 0. The number of hydrogen-bond donors (Lipinski definition) is 0. The van der Waals surface area contributed by atoms with Crippen molar-refractivity contribution >= 4 is 0 Å². The highest BCUT2D eigenvalue weighted by Gasteiger charge is 2.38. The Bertz CT molecular complexity index is 123. The molecule has 1 rings (SSSR count). The van der Waals surface area contributed by atoms with Crippen LogP contribution in [-0.4, -0.2) is 6.18 Å². The van der Waals surface area contributed by atoms with Crippen molar-refractivity contribution in [3.8, 4) is 0 Å². The van der Waals surface area contributed by atoms with Crippen molar-refractivity contribution in [2.24, 2.45) is 5.92 Å². The minimum Gasteiger partial charge on any atom is -0.170 e. The molecule has 0 saturated heterocycles. The van der Waals surface area contributed by atoms with E-state index in [2.05, 4.69) is 0 Å². The smallest absolute Gasteiger partial charge is 0.170 e. The maximum Gasteiger partial charge on any atom is 0.395 e. The van der Waals surface area contributed by atoms with Crippen LogP contribution in [0.1, 0.15) is 12.8 Å². The van der Waals surface area contributed by atoms with Crippen LogP contribution in [0.3, 0.4) is 0 Å². The van der Waals surface area contributed by atoms with Crippen LogP contribution >= 0.6 is 0 Å². The first-order chi connectivity index (χ1) is 4.11. The number of alkyl halides is 3. The first kappa shape index (κ1) is 6.65. The van der Waals surface area contributed by atoms with Crippen LogP contribution in [0.5, 0.6) is 0 Å². The molecule has 1 aliphatic rings. The fourth-order valence-electron chi connectivity index (χ4n) is 0.905. The summed E-state index contributed by atoms with van der Waals surface area (Å²) in [7, 11) is 0. The SMILES string of the molecule is FC(F)(F)C1C=CCC1. The van der Waals surface area contributed by atoms with Crippen LogP contribution in [0, 0.1) is 5.92 Å². The van der Waals surface area contributed by atoms with Gasteiger partial charge >= 0.3 is 6.18 Å². The van der Waals surface area contributed by atoms with Crippen molar-refractivity contribution in [3.05, 3.63) is 12.2 Å². The lowest BCUT2D eigenvalue weighted by atomic mass is 10.1. The lowest BCUT2D eigenvalue weighted by Gasteiger charge is -2.10. The molecule has 1 unspecified atom stereocenters. The molecule has 0 aromatic carbocycles. The monoisotopic (exact) mass is 136 g/mol. The van der Waals surface area contributed by atoms with Crippen LogP contribution in [0.25, 0.3) is 0 Å². The van der Waals surface area contributed by atoms with Crippen LogP contribution in [0.15, 0.2) is 12.2 Å². The average Bonchev–Trinajstić information content (AvgIpc) is 2.08. The summed E-state index contributed by atoms with van der Waals surface area (Å²) in [6, 6.07) is 0. The average molecular weight is 136 g/mol. The Morgan fingerprint density at radius 2 is 2.00 bits per heavy atom. The van der Waals surface area contributed by atoms with E-state index in [1.54, 1.807) is 6.08 Å². The van der Waals surface area contributed by atoms with Gasteiger partial charge < -0.3 is 0 Å². The lowest BCUT2D eigenvalue weighted by molar-refractivity contribution is -0.160. The van der Waals surface area contributed by atoms with Gasteiger partial charge in [0.25, 0.3) is 0 Å². The van der Waals surface area contributed by atoms with Gasteiger partial charge in [0.2, 0.25) is 0 Å². The molecule has 0 bridgehead atoms. The Hall–Kier alpha value is -0.470. The third-order valence-electron chi connectivity index (χ3n) is 1.43. The summed E-state index contributed by atoms with van der Waals surface area (Å²) in [5.41, 5.74) is 0. The molecule has 52 valence electrons. The number of hydrogen-bond acceptors (Lipinski definition) is 0. The molecule has 0 saturated carbocycles. The zero-order valence-electron chi connectivity index (χ0n) is 4.78. The van der Waals surface area contributed by atoms with Gasteiger partial charge in [-0.2, -0.15) is 13.2 Å². The highest BCUT2D eigenvalue weighted by Crippen LogP contribution is 2.33. The van der Waals surface area contributed by atoms with Crippen molar-refractivity contribution in [1.29, 1.82) is 0 Å². The zero-order chi connectivity index (χ0) is 6.91. The molecular weight excluding hydrogens is 129 g/mol. The molecule has 0 N–H and O–H groups in total. The quantitative estimate of drug-likeness (QED) is 0.449. The summed E-state index contributed by atoms with van der Waals surface area (Å²) in [4.78, 5) is 0. The molecule has 0 aromatic rings. The van der Waals surface area contributed by atoms with E-state index in [1.165, 1.54) is 6.08 Å². The minimum atomic E-state index is -4.01. The van der Waals surface area contributed by atoms with Crippen LogP contribution in [0.4, 0.5) is 13.2 Å². The number of halogens is 3. The third kappa shape index (κ3) is 1.47. The van der Waals surface area contributed by atoms with Gasteiger partial charge in [0.05, 0.1) is 5.92 Å². The van der Waals surface area contributed by atoms with E-state index >= 15 is 0 Å². The van der Waals surface area contributed by atoms with Crippen molar-refractivity contribution in [2.75, 3.05) is 0 Å². The van der Waals surface area contributed by atoms with Gasteiger partial charge in [0, 0.05) is 0 Å². The second-order valence-corrected chi connectivity index (χ2v) is 2.15. The largest absolute Gasteiger partial charge is 0.395 e. The summed E-state index contributed by atoms with van der Waals surface area (Å²) in [6.07, 6.45) is -0.376. The second-order valence-electron chi connectivity index (χ2n) is 2.15. The molecule has 0 aliphatic heterocycles.